The molecule has 15 nitrogen and oxygen atoms in total. The molecule has 22 heteroatoms. The zero-order valence-electron chi connectivity index (χ0n) is 30.5. The van der Waals surface area contributed by atoms with Crippen molar-refractivity contribution >= 4 is 43.2 Å². The SMILES string of the molecule is COc1ccccc1CC(=O)Nc1ccc(-c2cnn(C(F)F)c2)c(S(N)(=O)=O)c1.NS(=O)(=O)c1cc(NC(=O)Cc2ccc(F)cc2)ccc1-c1cnn(C(F)F)c1. The second kappa shape index (κ2) is 18.4. The fourth-order valence-electron chi connectivity index (χ4n) is 5.54. The van der Waals surface area contributed by atoms with Crippen molar-refractivity contribution in [1.29, 1.82) is 0 Å². The lowest BCUT2D eigenvalue weighted by Gasteiger charge is -2.12. The van der Waals surface area contributed by atoms with Crippen LogP contribution in [0.4, 0.5) is 33.3 Å². The number of para-hydroxylation sites is 1. The number of hydrogen-bond donors (Lipinski definition) is 4. The maximum Gasteiger partial charge on any atom is 0.333 e. The van der Waals surface area contributed by atoms with Gasteiger partial charge in [-0.15, -0.1) is 0 Å². The molecule has 0 atom stereocenters. The van der Waals surface area contributed by atoms with Gasteiger partial charge < -0.3 is 15.4 Å². The van der Waals surface area contributed by atoms with Crippen LogP contribution in [0.25, 0.3) is 22.3 Å². The number of anilines is 2. The quantitative estimate of drug-likeness (QED) is 0.105. The molecule has 0 fully saturated rings. The fourth-order valence-corrected chi connectivity index (χ4v) is 7.10. The van der Waals surface area contributed by atoms with Crippen LogP contribution in [-0.4, -0.2) is 55.3 Å². The molecule has 0 aliphatic rings. The molecule has 2 amide bonds. The lowest BCUT2D eigenvalue weighted by atomic mass is 10.1. The lowest BCUT2D eigenvalue weighted by molar-refractivity contribution is -0.116. The van der Waals surface area contributed by atoms with E-state index in [1.807, 2.05) is 0 Å². The number of halogens is 5. The van der Waals surface area contributed by atoms with Gasteiger partial charge in [-0.3, -0.25) is 9.59 Å². The number of methoxy groups -OCH3 is 1. The van der Waals surface area contributed by atoms with Crippen LogP contribution in [0.1, 0.15) is 24.2 Å². The maximum atomic E-state index is 12.9. The molecule has 0 saturated carbocycles. The van der Waals surface area contributed by atoms with Crippen molar-refractivity contribution in [3.63, 3.8) is 0 Å². The Hall–Kier alpha value is -6.49. The van der Waals surface area contributed by atoms with Crippen LogP contribution in [0.15, 0.2) is 120 Å². The molecule has 0 aliphatic heterocycles. The van der Waals surface area contributed by atoms with E-state index in [1.165, 1.54) is 61.7 Å². The highest BCUT2D eigenvalue weighted by molar-refractivity contribution is 7.89. The maximum absolute atomic E-state index is 12.9. The van der Waals surface area contributed by atoms with Gasteiger partial charge in [0.25, 0.3) is 0 Å². The summed E-state index contributed by atoms with van der Waals surface area (Å²) in [6, 6.07) is 20.2. The van der Waals surface area contributed by atoms with Gasteiger partial charge in [0.1, 0.15) is 11.6 Å². The van der Waals surface area contributed by atoms with Crippen molar-refractivity contribution in [3.8, 4) is 28.0 Å². The number of amides is 2. The van der Waals surface area contributed by atoms with Gasteiger partial charge in [-0.1, -0.05) is 42.5 Å². The second-order valence-electron chi connectivity index (χ2n) is 12.4. The van der Waals surface area contributed by atoms with Crippen molar-refractivity contribution in [2.45, 2.75) is 35.7 Å². The number of aromatic nitrogens is 4. The van der Waals surface area contributed by atoms with E-state index >= 15 is 0 Å². The van der Waals surface area contributed by atoms with Gasteiger partial charge in [0.05, 0.1) is 42.1 Å². The summed E-state index contributed by atoms with van der Waals surface area (Å²) in [6.45, 7) is -5.75. The van der Waals surface area contributed by atoms with E-state index in [-0.39, 0.29) is 56.3 Å². The number of ether oxygens (including phenoxy) is 1. The van der Waals surface area contributed by atoms with Crippen molar-refractivity contribution in [3.05, 3.63) is 127 Å². The Morgan fingerprint density at radius 1 is 0.695 bits per heavy atom. The number of carbonyl (C=O) groups is 2. The van der Waals surface area contributed by atoms with Crippen LogP contribution in [0.5, 0.6) is 5.75 Å². The van der Waals surface area contributed by atoms with Gasteiger partial charge in [-0.25, -0.2) is 40.9 Å². The largest absolute Gasteiger partial charge is 0.496 e. The molecule has 0 radical (unpaired) electrons. The van der Waals surface area contributed by atoms with E-state index in [0.29, 0.717) is 26.2 Å². The summed E-state index contributed by atoms with van der Waals surface area (Å²) < 4.78 is 118. The Balaban J connectivity index is 0.000000224. The summed E-state index contributed by atoms with van der Waals surface area (Å²) in [4.78, 5) is 23.9. The summed E-state index contributed by atoms with van der Waals surface area (Å²) in [7, 11) is -6.96. The first-order chi connectivity index (χ1) is 27.8. The molecule has 6 rings (SSSR count). The molecule has 59 heavy (non-hydrogen) atoms. The minimum atomic E-state index is -4.23. The molecule has 310 valence electrons. The highest BCUT2D eigenvalue weighted by Gasteiger charge is 2.21. The van der Waals surface area contributed by atoms with E-state index in [1.54, 1.807) is 24.3 Å². The van der Waals surface area contributed by atoms with Gasteiger partial charge >= 0.3 is 13.1 Å². The Morgan fingerprint density at radius 3 is 1.58 bits per heavy atom. The lowest BCUT2D eigenvalue weighted by Crippen LogP contribution is -2.17. The highest BCUT2D eigenvalue weighted by atomic mass is 32.2. The first-order valence-corrected chi connectivity index (χ1v) is 19.9. The topological polar surface area (TPSA) is 223 Å². The van der Waals surface area contributed by atoms with E-state index in [4.69, 9.17) is 15.0 Å². The molecule has 0 bridgehead atoms. The third kappa shape index (κ3) is 11.6. The van der Waals surface area contributed by atoms with Crippen molar-refractivity contribution < 1.29 is 53.1 Å². The predicted molar refractivity (Wildman–Crippen MR) is 205 cm³/mol. The first kappa shape index (κ1) is 43.6. The van der Waals surface area contributed by atoms with Crippen LogP contribution in [0.2, 0.25) is 0 Å². The van der Waals surface area contributed by atoms with Gasteiger partial charge in [-0.2, -0.15) is 27.8 Å². The number of nitrogens with zero attached hydrogens (tertiary/aromatic N) is 4. The van der Waals surface area contributed by atoms with Crippen LogP contribution >= 0.6 is 0 Å². The number of primary sulfonamides is 2. The summed E-state index contributed by atoms with van der Waals surface area (Å²) in [5.41, 5.74) is 1.97. The van der Waals surface area contributed by atoms with Gasteiger partial charge in [0.15, 0.2) is 0 Å². The summed E-state index contributed by atoms with van der Waals surface area (Å²) >= 11 is 0. The third-order valence-electron chi connectivity index (χ3n) is 8.19. The number of hydrogen-bond acceptors (Lipinski definition) is 9. The van der Waals surface area contributed by atoms with Crippen molar-refractivity contribution in [2.24, 2.45) is 10.3 Å². The molecule has 2 aromatic heterocycles. The molecule has 0 unspecified atom stereocenters. The zero-order chi connectivity index (χ0) is 43.1. The Kier molecular flexibility index (Phi) is 13.6. The molecule has 4 aromatic carbocycles. The number of alkyl halides is 4. The van der Waals surface area contributed by atoms with Crippen LogP contribution in [-0.2, 0) is 42.5 Å². The third-order valence-corrected chi connectivity index (χ3v) is 10.1. The van der Waals surface area contributed by atoms with E-state index in [0.717, 1.165) is 30.9 Å². The molecule has 2 heterocycles. The summed E-state index contributed by atoms with van der Waals surface area (Å²) in [5.74, 6) is -0.754. The number of sulfonamides is 2. The standard InChI is InChI=1S/C19H18F2N4O4S.C18H15F3N4O3S/c1-29-16-5-3-2-4-12(16)8-18(26)24-14-6-7-15(17(9-14)30(22,27)28)13-10-23-25(11-13)19(20)21;19-13-3-1-11(2-4-13)7-17(26)24-14-5-6-15(16(8-14)29(22,27)28)12-9-23-25(10-12)18(20)21/h2-7,9-11,19H,8H2,1H3,(H,24,26)(H2,22,27,28);1-6,8-10,18H,7H2,(H,24,26)(H2,22,27,28). The number of nitrogens with two attached hydrogens (primary N) is 2. The van der Waals surface area contributed by atoms with Gasteiger partial charge in [0, 0.05) is 51.6 Å². The molecule has 6 aromatic rings. The minimum absolute atomic E-state index is 0.00235. The smallest absolute Gasteiger partial charge is 0.333 e. The van der Waals surface area contributed by atoms with E-state index in [9.17, 15) is 48.4 Å². The van der Waals surface area contributed by atoms with Crippen LogP contribution in [0, 0.1) is 5.82 Å². The van der Waals surface area contributed by atoms with Crippen molar-refractivity contribution in [2.75, 3.05) is 17.7 Å². The highest BCUT2D eigenvalue weighted by Crippen LogP contribution is 2.32. The average Bonchev–Trinajstić information content (AvgIpc) is 3.87. The molecule has 0 spiro atoms. The number of carbonyl (C=O) groups excluding carboxylic acids is 2. The van der Waals surface area contributed by atoms with Crippen molar-refractivity contribution in [1.82, 2.24) is 19.6 Å². The fraction of sp³-hybridized carbons (Fsp3) is 0.135. The predicted octanol–water partition coefficient (Wildman–Crippen LogP) is 5.70. The number of nitrogens with one attached hydrogen (secondary N) is 2. The van der Waals surface area contributed by atoms with Gasteiger partial charge in [-0.05, 0) is 48.0 Å². The Labute approximate surface area is 333 Å². The molecule has 0 aliphatic carbocycles. The summed E-state index contributed by atoms with van der Waals surface area (Å²) in [6.07, 6.45) is 4.13. The summed E-state index contributed by atoms with van der Waals surface area (Å²) in [5, 5.41) is 22.6. The first-order valence-electron chi connectivity index (χ1n) is 16.8. The molecular formula is C37H33F5N8O7S2. The number of rotatable bonds is 13. The molecular weight excluding hydrogens is 828 g/mol. The van der Waals surface area contributed by atoms with E-state index in [2.05, 4.69) is 20.8 Å². The Bertz CT molecular complexity index is 2690. The van der Waals surface area contributed by atoms with Crippen LogP contribution in [0.3, 0.4) is 0 Å². The molecule has 0 saturated heterocycles. The average molecular weight is 861 g/mol. The number of benzene rings is 4. The minimum Gasteiger partial charge on any atom is -0.496 e. The monoisotopic (exact) mass is 860 g/mol. The Morgan fingerprint density at radius 2 is 1.15 bits per heavy atom. The van der Waals surface area contributed by atoms with E-state index < -0.39 is 50.8 Å². The second-order valence-corrected chi connectivity index (χ2v) is 15.4. The van der Waals surface area contributed by atoms with Crippen LogP contribution < -0.4 is 25.6 Å². The van der Waals surface area contributed by atoms with Gasteiger partial charge in [0.2, 0.25) is 31.9 Å². The molecule has 6 N–H and O–H groups in total. The zero-order valence-corrected chi connectivity index (χ0v) is 32.1. The normalized spacial score (nSPS) is 11.6.